The smallest absolute Gasteiger partial charge is 0.0761 e. The average molecular weight is 143 g/mol. The van der Waals surface area contributed by atoms with E-state index < -0.39 is 0 Å². The molecule has 10 heavy (non-hydrogen) atoms. The van der Waals surface area contributed by atoms with Crippen LogP contribution in [0, 0.1) is 0 Å². The first-order valence-corrected chi connectivity index (χ1v) is 3.83. The van der Waals surface area contributed by atoms with Gasteiger partial charge in [-0.05, 0) is 27.3 Å². The van der Waals surface area contributed by atoms with E-state index in [1.165, 1.54) is 6.42 Å². The number of hydrogen-bond acceptors (Lipinski definition) is 2. The Bertz CT molecular complexity index is 122. The minimum Gasteiger partial charge on any atom is -0.380 e. The van der Waals surface area contributed by atoms with Crippen molar-refractivity contribution in [3.63, 3.8) is 0 Å². The molecule has 0 aliphatic carbocycles. The molecular formula is C8H17NO. The zero-order chi connectivity index (χ0) is 7.78. The Kier molecular flexibility index (Phi) is 2.02. The van der Waals surface area contributed by atoms with Crippen molar-refractivity contribution in [2.75, 3.05) is 20.7 Å². The normalized spacial score (nSPS) is 33.0. The van der Waals surface area contributed by atoms with E-state index in [1.54, 1.807) is 7.11 Å². The van der Waals surface area contributed by atoms with Gasteiger partial charge in [-0.1, -0.05) is 0 Å². The number of nitrogens with zero attached hydrogens (tertiary/aromatic N) is 1. The van der Waals surface area contributed by atoms with Crippen LogP contribution in [0.3, 0.4) is 0 Å². The van der Waals surface area contributed by atoms with Crippen LogP contribution in [0.2, 0.25) is 0 Å². The molecule has 0 aromatic heterocycles. The monoisotopic (exact) mass is 143 g/mol. The van der Waals surface area contributed by atoms with Crippen molar-refractivity contribution in [2.45, 2.75) is 31.9 Å². The topological polar surface area (TPSA) is 12.5 Å². The Morgan fingerprint density at radius 3 is 2.30 bits per heavy atom. The van der Waals surface area contributed by atoms with Gasteiger partial charge in [0, 0.05) is 19.2 Å². The van der Waals surface area contributed by atoms with E-state index in [-0.39, 0.29) is 5.54 Å². The highest BCUT2D eigenvalue weighted by Crippen LogP contribution is 2.28. The summed E-state index contributed by atoms with van der Waals surface area (Å²) in [6, 6.07) is 0. The van der Waals surface area contributed by atoms with Gasteiger partial charge in [0.1, 0.15) is 0 Å². The van der Waals surface area contributed by atoms with Crippen molar-refractivity contribution >= 4 is 0 Å². The fraction of sp³-hybridized carbons (Fsp3) is 1.00. The maximum Gasteiger partial charge on any atom is 0.0761 e. The molecule has 1 rings (SSSR count). The van der Waals surface area contributed by atoms with Gasteiger partial charge in [-0.2, -0.15) is 0 Å². The third kappa shape index (κ3) is 1.06. The molecular weight excluding hydrogens is 126 g/mol. The van der Waals surface area contributed by atoms with Gasteiger partial charge in [0.15, 0.2) is 0 Å². The van der Waals surface area contributed by atoms with Gasteiger partial charge in [0.05, 0.1) is 6.10 Å². The van der Waals surface area contributed by atoms with Crippen LogP contribution in [0.4, 0.5) is 0 Å². The van der Waals surface area contributed by atoms with Gasteiger partial charge in [-0.3, -0.25) is 4.90 Å². The summed E-state index contributed by atoms with van der Waals surface area (Å²) in [5.41, 5.74) is 0.231. The minimum atomic E-state index is 0.231. The zero-order valence-electron chi connectivity index (χ0n) is 7.35. The van der Waals surface area contributed by atoms with Crippen LogP contribution in [0.15, 0.2) is 0 Å². The summed E-state index contributed by atoms with van der Waals surface area (Å²) in [5, 5.41) is 0. The first kappa shape index (κ1) is 8.02. The number of likely N-dealkylation sites (tertiary alicyclic amines) is 1. The number of hydrogen-bond donors (Lipinski definition) is 0. The Hall–Kier alpha value is -0.0800. The van der Waals surface area contributed by atoms with Crippen molar-refractivity contribution in [1.29, 1.82) is 0 Å². The van der Waals surface area contributed by atoms with Gasteiger partial charge in [0.25, 0.3) is 0 Å². The van der Waals surface area contributed by atoms with Crippen LogP contribution in [-0.2, 0) is 4.74 Å². The van der Waals surface area contributed by atoms with Gasteiger partial charge < -0.3 is 4.74 Å². The molecule has 1 aliphatic rings. The molecule has 0 radical (unpaired) electrons. The molecule has 2 nitrogen and oxygen atoms in total. The third-order valence-corrected chi connectivity index (χ3v) is 2.78. The summed E-state index contributed by atoms with van der Waals surface area (Å²) < 4.78 is 5.36. The van der Waals surface area contributed by atoms with Crippen LogP contribution in [0.1, 0.15) is 20.3 Å². The van der Waals surface area contributed by atoms with Crippen molar-refractivity contribution in [1.82, 2.24) is 4.90 Å². The summed E-state index contributed by atoms with van der Waals surface area (Å²) in [6.07, 6.45) is 1.58. The first-order chi connectivity index (χ1) is 4.59. The zero-order valence-corrected chi connectivity index (χ0v) is 7.35. The van der Waals surface area contributed by atoms with E-state index in [0.717, 1.165) is 6.54 Å². The van der Waals surface area contributed by atoms with E-state index in [4.69, 9.17) is 4.74 Å². The summed E-state index contributed by atoms with van der Waals surface area (Å²) in [5.74, 6) is 0. The molecule has 1 unspecified atom stereocenters. The largest absolute Gasteiger partial charge is 0.380 e. The fourth-order valence-corrected chi connectivity index (χ4v) is 1.60. The molecule has 0 aromatic rings. The lowest BCUT2D eigenvalue weighted by Gasteiger charge is -2.32. The van der Waals surface area contributed by atoms with Crippen molar-refractivity contribution in [2.24, 2.45) is 0 Å². The van der Waals surface area contributed by atoms with Crippen molar-refractivity contribution < 1.29 is 4.74 Å². The van der Waals surface area contributed by atoms with Crippen LogP contribution >= 0.6 is 0 Å². The van der Waals surface area contributed by atoms with Crippen molar-refractivity contribution in [3.05, 3.63) is 0 Å². The predicted octanol–water partition coefficient (Wildman–Crippen LogP) is 1.12. The average Bonchev–Trinajstić information content (AvgIpc) is 2.10. The number of ether oxygens (including phenoxy) is 1. The third-order valence-electron chi connectivity index (χ3n) is 2.78. The molecule has 0 amide bonds. The Labute approximate surface area is 63.2 Å². The van der Waals surface area contributed by atoms with Gasteiger partial charge in [-0.25, -0.2) is 0 Å². The van der Waals surface area contributed by atoms with Crippen LogP contribution in [0.5, 0.6) is 0 Å². The first-order valence-electron chi connectivity index (χ1n) is 3.83. The molecule has 0 spiro atoms. The standard InChI is InChI=1S/C8H17NO/c1-8(2)7(10-4)5-6-9(8)3/h7H,5-6H2,1-4H3. The lowest BCUT2D eigenvalue weighted by atomic mass is 9.99. The molecule has 0 N–H and O–H groups in total. The summed E-state index contributed by atoms with van der Waals surface area (Å²) >= 11 is 0. The van der Waals surface area contributed by atoms with Crippen LogP contribution in [-0.4, -0.2) is 37.2 Å². The summed E-state index contributed by atoms with van der Waals surface area (Å²) in [4.78, 5) is 2.35. The van der Waals surface area contributed by atoms with E-state index in [2.05, 4.69) is 25.8 Å². The Morgan fingerprint density at radius 2 is 2.10 bits per heavy atom. The summed E-state index contributed by atoms with van der Waals surface area (Å²) in [7, 11) is 3.95. The number of methoxy groups -OCH3 is 1. The molecule has 0 bridgehead atoms. The molecule has 60 valence electrons. The van der Waals surface area contributed by atoms with Crippen molar-refractivity contribution in [3.8, 4) is 0 Å². The molecule has 1 heterocycles. The second kappa shape index (κ2) is 2.51. The second-order valence-corrected chi connectivity index (χ2v) is 3.59. The minimum absolute atomic E-state index is 0.231. The van der Waals surface area contributed by atoms with Crippen LogP contribution < -0.4 is 0 Å². The van der Waals surface area contributed by atoms with Gasteiger partial charge in [0.2, 0.25) is 0 Å². The highest BCUT2D eigenvalue weighted by Gasteiger charge is 2.38. The molecule has 0 aromatic carbocycles. The predicted molar refractivity (Wildman–Crippen MR) is 42.1 cm³/mol. The fourth-order valence-electron chi connectivity index (χ4n) is 1.60. The van der Waals surface area contributed by atoms with Crippen LogP contribution in [0.25, 0.3) is 0 Å². The van der Waals surface area contributed by atoms with E-state index >= 15 is 0 Å². The van der Waals surface area contributed by atoms with Gasteiger partial charge in [-0.15, -0.1) is 0 Å². The van der Waals surface area contributed by atoms with E-state index in [1.807, 2.05) is 0 Å². The maximum atomic E-state index is 5.36. The molecule has 2 heteroatoms. The number of likely N-dealkylation sites (N-methyl/N-ethyl adjacent to an activating group) is 1. The second-order valence-electron chi connectivity index (χ2n) is 3.59. The highest BCUT2D eigenvalue weighted by molar-refractivity contribution is 4.94. The molecule has 0 saturated carbocycles. The summed E-state index contributed by atoms with van der Waals surface area (Å²) in [6.45, 7) is 5.62. The van der Waals surface area contributed by atoms with Gasteiger partial charge >= 0.3 is 0 Å². The van der Waals surface area contributed by atoms with E-state index in [9.17, 15) is 0 Å². The maximum absolute atomic E-state index is 5.36. The quantitative estimate of drug-likeness (QED) is 0.545. The molecule has 1 aliphatic heterocycles. The Balaban J connectivity index is 2.64. The molecule has 1 saturated heterocycles. The highest BCUT2D eigenvalue weighted by atomic mass is 16.5. The lowest BCUT2D eigenvalue weighted by molar-refractivity contribution is 0.0278. The molecule has 1 fully saturated rings. The SMILES string of the molecule is COC1CCN(C)C1(C)C. The Morgan fingerprint density at radius 1 is 1.50 bits per heavy atom. The number of rotatable bonds is 1. The lowest BCUT2D eigenvalue weighted by Crippen LogP contribution is -2.43. The van der Waals surface area contributed by atoms with E-state index in [0.29, 0.717) is 6.10 Å². The molecule has 1 atom stereocenters.